The van der Waals surface area contributed by atoms with E-state index in [2.05, 4.69) is 15.9 Å². The summed E-state index contributed by atoms with van der Waals surface area (Å²) in [6, 6.07) is 7.70. The lowest BCUT2D eigenvalue weighted by atomic mass is 9.84. The summed E-state index contributed by atoms with van der Waals surface area (Å²) in [5, 5.41) is -0.340. The van der Waals surface area contributed by atoms with Gasteiger partial charge in [0.15, 0.2) is 0 Å². The third-order valence-electron chi connectivity index (χ3n) is 3.95. The maximum Gasteiger partial charge on any atom is 0.150 e. The van der Waals surface area contributed by atoms with Gasteiger partial charge >= 0.3 is 0 Å². The number of rotatable bonds is 4. The molecule has 2 atom stereocenters. The number of halogens is 1. The third kappa shape index (κ3) is 4.16. The highest BCUT2D eigenvalue weighted by Crippen LogP contribution is 2.30. The van der Waals surface area contributed by atoms with Gasteiger partial charge in [-0.25, -0.2) is 8.42 Å². The standard InChI is InChI=1S/C15H19BrO3S/c1-20(18,19)14-7-3-5-12(10-14)15(17)9-11-4-2-6-13(16)8-11/h2,4,6,8,12,14H,3,5,7,9-10H2,1H3. The van der Waals surface area contributed by atoms with Crippen molar-refractivity contribution in [2.24, 2.45) is 5.92 Å². The summed E-state index contributed by atoms with van der Waals surface area (Å²) in [4.78, 5) is 12.3. The second-order valence-electron chi connectivity index (χ2n) is 5.59. The van der Waals surface area contributed by atoms with E-state index >= 15 is 0 Å². The fourth-order valence-electron chi connectivity index (χ4n) is 2.82. The van der Waals surface area contributed by atoms with Crippen LogP contribution in [0.15, 0.2) is 28.7 Å². The number of carbonyl (C=O) groups excluding carboxylic acids is 1. The number of hydrogen-bond acceptors (Lipinski definition) is 3. The molecule has 0 saturated heterocycles. The Balaban J connectivity index is 2.02. The summed E-state index contributed by atoms with van der Waals surface area (Å²) in [6.07, 6.45) is 4.50. The zero-order valence-electron chi connectivity index (χ0n) is 11.5. The number of hydrogen-bond donors (Lipinski definition) is 0. The SMILES string of the molecule is CS(=O)(=O)C1CCCC(C(=O)Cc2cccc(Br)c2)C1. The quantitative estimate of drug-likeness (QED) is 0.830. The van der Waals surface area contributed by atoms with Crippen LogP contribution in [0.4, 0.5) is 0 Å². The summed E-state index contributed by atoms with van der Waals surface area (Å²) in [5.74, 6) is 0.0545. The zero-order valence-corrected chi connectivity index (χ0v) is 13.9. The predicted molar refractivity (Wildman–Crippen MR) is 83.4 cm³/mol. The molecule has 0 bridgehead atoms. The molecular formula is C15H19BrO3S. The monoisotopic (exact) mass is 358 g/mol. The summed E-state index contributed by atoms with van der Waals surface area (Å²) in [7, 11) is -3.03. The van der Waals surface area contributed by atoms with Crippen LogP contribution in [0, 0.1) is 5.92 Å². The van der Waals surface area contributed by atoms with Gasteiger partial charge in [-0.05, 0) is 37.0 Å². The Morgan fingerprint density at radius 1 is 1.35 bits per heavy atom. The molecule has 0 N–H and O–H groups in total. The van der Waals surface area contributed by atoms with Crippen molar-refractivity contribution in [2.45, 2.75) is 37.4 Å². The van der Waals surface area contributed by atoms with Crippen LogP contribution in [-0.4, -0.2) is 25.7 Å². The van der Waals surface area contributed by atoms with E-state index in [1.54, 1.807) is 0 Å². The summed E-state index contributed by atoms with van der Waals surface area (Å²) < 4.78 is 24.2. The number of benzene rings is 1. The third-order valence-corrected chi connectivity index (χ3v) is 6.09. The number of Topliss-reactive ketones (excluding diaryl/α,β-unsaturated/α-hetero) is 1. The second kappa shape index (κ2) is 6.39. The number of sulfone groups is 1. The van der Waals surface area contributed by atoms with Crippen LogP contribution >= 0.6 is 15.9 Å². The lowest BCUT2D eigenvalue weighted by molar-refractivity contribution is -0.123. The molecule has 20 heavy (non-hydrogen) atoms. The van der Waals surface area contributed by atoms with Gasteiger partial charge in [0.2, 0.25) is 0 Å². The summed E-state index contributed by atoms with van der Waals surface area (Å²) in [6.45, 7) is 0. The minimum atomic E-state index is -3.03. The van der Waals surface area contributed by atoms with Gasteiger partial charge in [0.25, 0.3) is 0 Å². The molecule has 0 amide bonds. The Morgan fingerprint density at radius 2 is 2.10 bits per heavy atom. The molecule has 1 aliphatic rings. The average Bonchev–Trinajstić information content (AvgIpc) is 2.38. The maximum absolute atomic E-state index is 12.3. The number of ketones is 1. The van der Waals surface area contributed by atoms with E-state index in [1.165, 1.54) is 6.26 Å². The Kier molecular flexibility index (Phi) is 5.02. The molecule has 0 aliphatic heterocycles. The first-order valence-corrected chi connectivity index (χ1v) is 9.57. The van der Waals surface area contributed by atoms with Gasteiger partial charge in [0, 0.05) is 23.1 Å². The van der Waals surface area contributed by atoms with Gasteiger partial charge < -0.3 is 0 Å². The van der Waals surface area contributed by atoms with Crippen molar-refractivity contribution < 1.29 is 13.2 Å². The maximum atomic E-state index is 12.3. The first-order chi connectivity index (χ1) is 9.36. The molecule has 110 valence electrons. The van der Waals surface area contributed by atoms with Crippen molar-refractivity contribution in [3.8, 4) is 0 Å². The highest BCUT2D eigenvalue weighted by molar-refractivity contribution is 9.10. The van der Waals surface area contributed by atoms with Crippen molar-refractivity contribution in [1.82, 2.24) is 0 Å². The first kappa shape index (κ1) is 15.7. The van der Waals surface area contributed by atoms with E-state index in [4.69, 9.17) is 0 Å². The Morgan fingerprint density at radius 3 is 2.75 bits per heavy atom. The first-order valence-electron chi connectivity index (χ1n) is 6.82. The van der Waals surface area contributed by atoms with E-state index in [1.807, 2.05) is 24.3 Å². The normalized spacial score (nSPS) is 23.5. The van der Waals surface area contributed by atoms with Crippen molar-refractivity contribution >= 4 is 31.6 Å². The summed E-state index contributed by atoms with van der Waals surface area (Å²) >= 11 is 3.39. The topological polar surface area (TPSA) is 51.2 Å². The lowest BCUT2D eigenvalue weighted by Gasteiger charge is -2.27. The van der Waals surface area contributed by atoms with Gasteiger partial charge in [0.05, 0.1) is 5.25 Å². The van der Waals surface area contributed by atoms with Crippen molar-refractivity contribution in [2.75, 3.05) is 6.26 Å². The van der Waals surface area contributed by atoms with Crippen LogP contribution in [0.2, 0.25) is 0 Å². The molecule has 0 radical (unpaired) electrons. The van der Waals surface area contributed by atoms with Crippen molar-refractivity contribution in [3.63, 3.8) is 0 Å². The van der Waals surface area contributed by atoms with Gasteiger partial charge in [-0.3, -0.25) is 4.79 Å². The molecule has 2 unspecified atom stereocenters. The molecule has 1 aliphatic carbocycles. The molecule has 0 spiro atoms. The van der Waals surface area contributed by atoms with Crippen LogP contribution in [0.5, 0.6) is 0 Å². The Bertz CT molecular complexity index is 595. The molecule has 1 fully saturated rings. The van der Waals surface area contributed by atoms with E-state index in [-0.39, 0.29) is 17.0 Å². The Hall–Kier alpha value is -0.680. The minimum Gasteiger partial charge on any atom is -0.299 e. The smallest absolute Gasteiger partial charge is 0.150 e. The van der Waals surface area contributed by atoms with Crippen molar-refractivity contribution in [3.05, 3.63) is 34.3 Å². The minimum absolute atomic E-state index is 0.109. The van der Waals surface area contributed by atoms with Gasteiger partial charge in [-0.15, -0.1) is 0 Å². The molecule has 3 nitrogen and oxygen atoms in total. The van der Waals surface area contributed by atoms with E-state index in [0.717, 1.165) is 22.9 Å². The fourth-order valence-corrected chi connectivity index (χ4v) is 4.44. The van der Waals surface area contributed by atoms with Gasteiger partial charge in [-0.2, -0.15) is 0 Å². The molecule has 0 heterocycles. The van der Waals surface area contributed by atoms with E-state index in [0.29, 0.717) is 19.3 Å². The Labute approximate surface area is 128 Å². The molecule has 2 rings (SSSR count). The van der Waals surface area contributed by atoms with Crippen molar-refractivity contribution in [1.29, 1.82) is 0 Å². The van der Waals surface area contributed by atoms with E-state index in [9.17, 15) is 13.2 Å². The largest absolute Gasteiger partial charge is 0.299 e. The average molecular weight is 359 g/mol. The molecule has 1 aromatic rings. The molecular weight excluding hydrogens is 340 g/mol. The van der Waals surface area contributed by atoms with Gasteiger partial charge in [-0.1, -0.05) is 34.5 Å². The zero-order chi connectivity index (χ0) is 14.8. The van der Waals surface area contributed by atoms with Crippen LogP contribution in [0.1, 0.15) is 31.2 Å². The molecule has 0 aromatic heterocycles. The highest BCUT2D eigenvalue weighted by Gasteiger charge is 2.32. The van der Waals surface area contributed by atoms with Crippen LogP contribution < -0.4 is 0 Å². The predicted octanol–water partition coefficient (Wildman–Crippen LogP) is 3.16. The fraction of sp³-hybridized carbons (Fsp3) is 0.533. The molecule has 1 aromatic carbocycles. The summed E-state index contributed by atoms with van der Waals surface area (Å²) in [5.41, 5.74) is 0.978. The number of carbonyl (C=O) groups is 1. The second-order valence-corrected chi connectivity index (χ2v) is 8.83. The molecule has 1 saturated carbocycles. The van der Waals surface area contributed by atoms with Crippen LogP contribution in [0.3, 0.4) is 0 Å². The molecule has 5 heteroatoms. The van der Waals surface area contributed by atoms with Crippen LogP contribution in [-0.2, 0) is 21.1 Å². The van der Waals surface area contributed by atoms with Gasteiger partial charge in [0.1, 0.15) is 15.6 Å². The van der Waals surface area contributed by atoms with Crippen LogP contribution in [0.25, 0.3) is 0 Å². The van der Waals surface area contributed by atoms with E-state index < -0.39 is 9.84 Å². The lowest BCUT2D eigenvalue weighted by Crippen LogP contribution is -2.31. The highest BCUT2D eigenvalue weighted by atomic mass is 79.9.